The fraction of sp³-hybridized carbons (Fsp3) is 0.600. The number of carbonyl (C=O) groups is 1. The Bertz CT molecular complexity index is 307. The smallest absolute Gasteiger partial charge is 0.208 e. The molecule has 0 aromatic carbocycles. The second kappa shape index (κ2) is 5.20. The van der Waals surface area contributed by atoms with Gasteiger partial charge in [0.1, 0.15) is 0 Å². The van der Waals surface area contributed by atoms with Crippen molar-refractivity contribution in [3.8, 4) is 0 Å². The molecule has 0 fully saturated rings. The zero-order valence-corrected chi connectivity index (χ0v) is 9.67. The molecule has 0 radical (unpaired) electrons. The molecule has 0 spiro atoms. The molecule has 78 valence electrons. The van der Waals surface area contributed by atoms with Crippen LogP contribution < -0.4 is 0 Å². The minimum Gasteiger partial charge on any atom is -0.329 e. The summed E-state index contributed by atoms with van der Waals surface area (Å²) in [6.07, 6.45) is 3.52. The van der Waals surface area contributed by atoms with Crippen molar-refractivity contribution < 1.29 is 4.79 Å². The van der Waals surface area contributed by atoms with Crippen molar-refractivity contribution in [2.75, 3.05) is 5.75 Å². The van der Waals surface area contributed by atoms with Gasteiger partial charge in [0.15, 0.2) is 5.82 Å². The van der Waals surface area contributed by atoms with Crippen molar-refractivity contribution in [2.24, 2.45) is 0 Å². The normalized spacial score (nSPS) is 10.9. The molecule has 0 aliphatic rings. The number of aromatic nitrogens is 2. The topological polar surface area (TPSA) is 34.9 Å². The predicted molar refractivity (Wildman–Crippen MR) is 59.8 cm³/mol. The standard InChI is InChI=1S/C10H16N2OS/c1-4-12-6-5-11-10(12)9(13)7-14-8(2)3/h5-6,8H,4,7H2,1-3H3. The Balaban J connectivity index is 2.60. The first-order valence-electron chi connectivity index (χ1n) is 4.81. The lowest BCUT2D eigenvalue weighted by molar-refractivity contribution is 0.100. The summed E-state index contributed by atoms with van der Waals surface area (Å²) in [6, 6.07) is 0. The van der Waals surface area contributed by atoms with E-state index in [1.165, 1.54) is 0 Å². The van der Waals surface area contributed by atoms with Crippen LogP contribution in [0.2, 0.25) is 0 Å². The van der Waals surface area contributed by atoms with E-state index in [2.05, 4.69) is 18.8 Å². The molecule has 0 saturated carbocycles. The summed E-state index contributed by atoms with van der Waals surface area (Å²) in [5.41, 5.74) is 0. The van der Waals surface area contributed by atoms with Crippen LogP contribution in [0.25, 0.3) is 0 Å². The van der Waals surface area contributed by atoms with E-state index in [4.69, 9.17) is 0 Å². The van der Waals surface area contributed by atoms with E-state index in [1.54, 1.807) is 18.0 Å². The van der Waals surface area contributed by atoms with Gasteiger partial charge in [0.2, 0.25) is 5.78 Å². The molecule has 0 unspecified atom stereocenters. The monoisotopic (exact) mass is 212 g/mol. The molecule has 0 atom stereocenters. The van der Waals surface area contributed by atoms with Crippen LogP contribution in [0.1, 0.15) is 31.4 Å². The third-order valence-corrected chi connectivity index (χ3v) is 2.95. The molecule has 0 aliphatic heterocycles. The van der Waals surface area contributed by atoms with Crippen molar-refractivity contribution in [1.29, 1.82) is 0 Å². The van der Waals surface area contributed by atoms with Gasteiger partial charge >= 0.3 is 0 Å². The third kappa shape index (κ3) is 2.87. The fourth-order valence-corrected chi connectivity index (χ4v) is 1.74. The number of hydrogen-bond donors (Lipinski definition) is 0. The van der Waals surface area contributed by atoms with E-state index in [-0.39, 0.29) is 5.78 Å². The van der Waals surface area contributed by atoms with Gasteiger partial charge in [-0.1, -0.05) is 13.8 Å². The van der Waals surface area contributed by atoms with Crippen LogP contribution >= 0.6 is 11.8 Å². The molecule has 14 heavy (non-hydrogen) atoms. The lowest BCUT2D eigenvalue weighted by Gasteiger charge is -2.05. The number of thioether (sulfide) groups is 1. The highest BCUT2D eigenvalue weighted by molar-refractivity contribution is 8.00. The summed E-state index contributed by atoms with van der Waals surface area (Å²) in [4.78, 5) is 15.8. The van der Waals surface area contributed by atoms with Crippen LogP contribution in [0.4, 0.5) is 0 Å². The molecule has 1 aromatic heterocycles. The van der Waals surface area contributed by atoms with Crippen LogP contribution in [0, 0.1) is 0 Å². The lowest BCUT2D eigenvalue weighted by atomic mass is 10.4. The first-order chi connectivity index (χ1) is 6.65. The zero-order valence-electron chi connectivity index (χ0n) is 8.86. The number of nitrogens with zero attached hydrogens (tertiary/aromatic N) is 2. The minimum atomic E-state index is 0.121. The number of hydrogen-bond acceptors (Lipinski definition) is 3. The molecular formula is C10H16N2OS. The van der Waals surface area contributed by atoms with E-state index < -0.39 is 0 Å². The van der Waals surface area contributed by atoms with Gasteiger partial charge in [-0.3, -0.25) is 4.79 Å². The predicted octanol–water partition coefficient (Wildman–Crippen LogP) is 2.23. The molecule has 0 aliphatic carbocycles. The quantitative estimate of drug-likeness (QED) is 0.702. The lowest BCUT2D eigenvalue weighted by Crippen LogP contribution is -2.12. The number of Topliss-reactive ketones (excluding diaryl/α,β-unsaturated/α-hetero) is 1. The molecule has 0 bridgehead atoms. The van der Waals surface area contributed by atoms with Crippen LogP contribution in [0.5, 0.6) is 0 Å². The van der Waals surface area contributed by atoms with Crippen molar-refractivity contribution in [3.63, 3.8) is 0 Å². The molecule has 0 amide bonds. The first-order valence-corrected chi connectivity index (χ1v) is 5.86. The minimum absolute atomic E-state index is 0.121. The summed E-state index contributed by atoms with van der Waals surface area (Å²) in [5, 5.41) is 0.490. The second-order valence-corrected chi connectivity index (χ2v) is 4.88. The molecule has 1 rings (SSSR count). The van der Waals surface area contributed by atoms with Crippen LogP contribution in [0.3, 0.4) is 0 Å². The van der Waals surface area contributed by atoms with E-state index in [1.807, 2.05) is 17.7 Å². The molecule has 1 aromatic rings. The third-order valence-electron chi connectivity index (χ3n) is 1.85. The Morgan fingerprint density at radius 3 is 2.93 bits per heavy atom. The van der Waals surface area contributed by atoms with E-state index >= 15 is 0 Å². The largest absolute Gasteiger partial charge is 0.329 e. The van der Waals surface area contributed by atoms with Crippen molar-refractivity contribution in [2.45, 2.75) is 32.6 Å². The number of rotatable bonds is 5. The van der Waals surface area contributed by atoms with Crippen molar-refractivity contribution in [3.05, 3.63) is 18.2 Å². The average Bonchev–Trinajstić information content (AvgIpc) is 2.61. The van der Waals surface area contributed by atoms with E-state index in [9.17, 15) is 4.79 Å². The SMILES string of the molecule is CCn1ccnc1C(=O)CSC(C)C. The van der Waals surface area contributed by atoms with Gasteiger partial charge in [0.25, 0.3) is 0 Å². The fourth-order valence-electron chi connectivity index (χ4n) is 1.12. The number of ketones is 1. The van der Waals surface area contributed by atoms with Gasteiger partial charge < -0.3 is 4.57 Å². The summed E-state index contributed by atoms with van der Waals surface area (Å²) in [6.45, 7) is 6.98. The molecule has 3 nitrogen and oxygen atoms in total. The highest BCUT2D eigenvalue weighted by Gasteiger charge is 2.12. The Labute approximate surface area is 88.9 Å². The number of imidazole rings is 1. The molecular weight excluding hydrogens is 196 g/mol. The Kier molecular flexibility index (Phi) is 4.20. The highest BCUT2D eigenvalue weighted by atomic mass is 32.2. The molecule has 4 heteroatoms. The van der Waals surface area contributed by atoms with Crippen LogP contribution in [-0.2, 0) is 6.54 Å². The number of aryl methyl sites for hydroxylation is 1. The Morgan fingerprint density at radius 1 is 1.64 bits per heavy atom. The highest BCUT2D eigenvalue weighted by Crippen LogP contribution is 2.11. The maximum atomic E-state index is 11.7. The van der Waals surface area contributed by atoms with Crippen LogP contribution in [0.15, 0.2) is 12.4 Å². The molecule has 0 N–H and O–H groups in total. The average molecular weight is 212 g/mol. The van der Waals surface area contributed by atoms with E-state index in [0.29, 0.717) is 16.8 Å². The first kappa shape index (κ1) is 11.3. The molecule has 1 heterocycles. The van der Waals surface area contributed by atoms with Gasteiger partial charge in [-0.25, -0.2) is 4.98 Å². The van der Waals surface area contributed by atoms with Gasteiger partial charge in [-0.15, -0.1) is 0 Å². The molecule has 0 saturated heterocycles. The maximum Gasteiger partial charge on any atom is 0.208 e. The van der Waals surface area contributed by atoms with Gasteiger partial charge in [0, 0.05) is 18.9 Å². The van der Waals surface area contributed by atoms with Crippen molar-refractivity contribution >= 4 is 17.5 Å². The van der Waals surface area contributed by atoms with E-state index in [0.717, 1.165) is 6.54 Å². The van der Waals surface area contributed by atoms with Gasteiger partial charge in [0.05, 0.1) is 5.75 Å². The van der Waals surface area contributed by atoms with Crippen molar-refractivity contribution in [1.82, 2.24) is 9.55 Å². The summed E-state index contributed by atoms with van der Waals surface area (Å²) in [5.74, 6) is 1.23. The summed E-state index contributed by atoms with van der Waals surface area (Å²) >= 11 is 1.65. The Morgan fingerprint density at radius 2 is 2.36 bits per heavy atom. The zero-order chi connectivity index (χ0) is 10.6. The number of carbonyl (C=O) groups excluding carboxylic acids is 1. The summed E-state index contributed by atoms with van der Waals surface area (Å²) in [7, 11) is 0. The second-order valence-electron chi connectivity index (χ2n) is 3.32. The van der Waals surface area contributed by atoms with Crippen LogP contribution in [-0.4, -0.2) is 26.3 Å². The van der Waals surface area contributed by atoms with Gasteiger partial charge in [-0.2, -0.15) is 11.8 Å². The van der Waals surface area contributed by atoms with Gasteiger partial charge in [-0.05, 0) is 12.2 Å². The Hall–Kier alpha value is -0.770. The summed E-state index contributed by atoms with van der Waals surface area (Å²) < 4.78 is 1.88. The maximum absolute atomic E-state index is 11.7.